The van der Waals surface area contributed by atoms with Crippen molar-refractivity contribution in [3.63, 3.8) is 0 Å². The highest BCUT2D eigenvalue weighted by atomic mass is 19.1. The summed E-state index contributed by atoms with van der Waals surface area (Å²) >= 11 is 0. The van der Waals surface area contributed by atoms with Gasteiger partial charge in [0.15, 0.2) is 17.4 Å². The van der Waals surface area contributed by atoms with Crippen LogP contribution < -0.4 is 20.3 Å². The minimum atomic E-state index is -0.700. The van der Waals surface area contributed by atoms with Crippen molar-refractivity contribution >= 4 is 17.3 Å². The van der Waals surface area contributed by atoms with Crippen LogP contribution in [-0.4, -0.2) is 45.7 Å². The van der Waals surface area contributed by atoms with Crippen LogP contribution in [0.15, 0.2) is 49.1 Å². The lowest BCUT2D eigenvalue weighted by Crippen LogP contribution is -2.43. The predicted molar refractivity (Wildman–Crippen MR) is 128 cm³/mol. The molecule has 4 heterocycles. The van der Waals surface area contributed by atoms with Crippen LogP contribution in [-0.2, 0) is 6.61 Å². The molecular formula is C25H20F2N8O. The van der Waals surface area contributed by atoms with Crippen molar-refractivity contribution in [1.29, 1.82) is 5.26 Å². The van der Waals surface area contributed by atoms with Crippen LogP contribution in [0.25, 0.3) is 16.9 Å². The van der Waals surface area contributed by atoms with Crippen LogP contribution in [0.3, 0.4) is 0 Å². The Kier molecular flexibility index (Phi) is 5.42. The second-order valence-electron chi connectivity index (χ2n) is 8.45. The molecule has 1 saturated heterocycles. The summed E-state index contributed by atoms with van der Waals surface area (Å²) in [6.07, 6.45) is 4.21. The molecule has 11 heteroatoms. The number of hydrogen-bond donors (Lipinski definition) is 2. The first kappa shape index (κ1) is 21.9. The summed E-state index contributed by atoms with van der Waals surface area (Å²) in [6, 6.07) is 10.4. The highest BCUT2D eigenvalue weighted by molar-refractivity contribution is 5.70. The van der Waals surface area contributed by atoms with Gasteiger partial charge < -0.3 is 20.3 Å². The number of fused-ring (bicyclic) bond motifs is 3. The van der Waals surface area contributed by atoms with E-state index in [0.29, 0.717) is 16.9 Å². The molecule has 36 heavy (non-hydrogen) atoms. The molecule has 6 rings (SSSR count). The number of imidazole rings is 1. The van der Waals surface area contributed by atoms with Crippen molar-refractivity contribution < 1.29 is 13.5 Å². The van der Waals surface area contributed by atoms with E-state index in [2.05, 4.69) is 36.6 Å². The minimum absolute atomic E-state index is 0.0700. The summed E-state index contributed by atoms with van der Waals surface area (Å²) in [6.45, 7) is 3.53. The molecule has 0 bridgehead atoms. The van der Waals surface area contributed by atoms with Gasteiger partial charge in [-0.15, -0.1) is 0 Å². The van der Waals surface area contributed by atoms with E-state index in [1.807, 2.05) is 12.1 Å². The van der Waals surface area contributed by atoms with E-state index in [-0.39, 0.29) is 29.6 Å². The molecule has 2 aliphatic heterocycles. The van der Waals surface area contributed by atoms with Crippen molar-refractivity contribution in [2.24, 2.45) is 0 Å². The molecule has 0 amide bonds. The molecule has 1 fully saturated rings. The predicted octanol–water partition coefficient (Wildman–Crippen LogP) is 3.52. The van der Waals surface area contributed by atoms with E-state index in [0.717, 1.165) is 43.8 Å². The third-order valence-corrected chi connectivity index (χ3v) is 6.21. The fourth-order valence-electron chi connectivity index (χ4n) is 4.47. The average Bonchev–Trinajstić information content (AvgIpc) is 3.40. The molecule has 0 spiro atoms. The molecule has 2 aromatic carbocycles. The van der Waals surface area contributed by atoms with Gasteiger partial charge >= 0.3 is 0 Å². The Hall–Kier alpha value is -4.56. The fourth-order valence-corrected chi connectivity index (χ4v) is 4.47. The summed E-state index contributed by atoms with van der Waals surface area (Å²) in [4.78, 5) is 14.6. The van der Waals surface area contributed by atoms with Gasteiger partial charge in [-0.1, -0.05) is 0 Å². The van der Waals surface area contributed by atoms with Crippen LogP contribution in [0, 0.1) is 23.0 Å². The van der Waals surface area contributed by atoms with Crippen molar-refractivity contribution in [2.75, 3.05) is 36.4 Å². The lowest BCUT2D eigenvalue weighted by molar-refractivity contribution is 0.270. The Balaban J connectivity index is 1.32. The van der Waals surface area contributed by atoms with E-state index >= 15 is 0 Å². The zero-order chi connectivity index (χ0) is 24.6. The highest BCUT2D eigenvalue weighted by Gasteiger charge is 2.23. The van der Waals surface area contributed by atoms with Gasteiger partial charge in [0.25, 0.3) is 0 Å². The number of nitrogens with zero attached hydrogens (tertiary/aromatic N) is 6. The lowest BCUT2D eigenvalue weighted by atomic mass is 10.1. The number of hydrogen-bond acceptors (Lipinski definition) is 8. The number of halogens is 2. The average molecular weight is 486 g/mol. The highest BCUT2D eigenvalue weighted by Crippen LogP contribution is 2.36. The first-order valence-corrected chi connectivity index (χ1v) is 11.4. The second-order valence-corrected chi connectivity index (χ2v) is 8.45. The van der Waals surface area contributed by atoms with Crippen LogP contribution in [0.4, 0.5) is 26.1 Å². The topological polar surface area (TPSA) is 104 Å². The zero-order valence-electron chi connectivity index (χ0n) is 19.0. The number of anilines is 3. The largest absolute Gasteiger partial charge is 0.482 e. The number of aromatic nitrogens is 4. The van der Waals surface area contributed by atoms with E-state index in [1.165, 1.54) is 6.07 Å². The van der Waals surface area contributed by atoms with Gasteiger partial charge in [-0.25, -0.2) is 23.7 Å². The maximum absolute atomic E-state index is 14.9. The first-order valence-electron chi connectivity index (χ1n) is 11.4. The summed E-state index contributed by atoms with van der Waals surface area (Å²) < 4.78 is 36.9. The van der Waals surface area contributed by atoms with Crippen LogP contribution in [0.1, 0.15) is 11.3 Å². The van der Waals surface area contributed by atoms with Gasteiger partial charge in [0.2, 0.25) is 5.95 Å². The number of benzene rings is 2. The van der Waals surface area contributed by atoms with Crippen LogP contribution in [0.2, 0.25) is 0 Å². The standard InChI is InChI=1S/C25H20F2N8O/c26-19-8-15(9-22-24(19)36-13-18-11-30-14-35(18)22)23-20(27)12-31-25(33-23)32-17-1-2-21(16(7-17)10-28)34-5-3-29-4-6-34/h1-2,7-9,11-12,14,29H,3-6,13H2,(H,31,32,33). The maximum Gasteiger partial charge on any atom is 0.227 e. The van der Waals surface area contributed by atoms with E-state index in [9.17, 15) is 14.0 Å². The van der Waals surface area contributed by atoms with Gasteiger partial charge in [-0.2, -0.15) is 5.26 Å². The lowest BCUT2D eigenvalue weighted by Gasteiger charge is -2.30. The first-order chi connectivity index (χ1) is 17.6. The Bertz CT molecular complexity index is 1510. The van der Waals surface area contributed by atoms with E-state index < -0.39 is 11.6 Å². The molecule has 180 valence electrons. The zero-order valence-corrected chi connectivity index (χ0v) is 19.0. The molecule has 0 aliphatic carbocycles. The number of ether oxygens (including phenoxy) is 1. The molecule has 2 aromatic heterocycles. The quantitative estimate of drug-likeness (QED) is 0.452. The monoisotopic (exact) mass is 486 g/mol. The third-order valence-electron chi connectivity index (χ3n) is 6.21. The number of nitrogens with one attached hydrogen (secondary N) is 2. The van der Waals surface area contributed by atoms with Crippen LogP contribution in [0.5, 0.6) is 5.75 Å². The SMILES string of the molecule is N#Cc1cc(Nc2ncc(F)c(-c3cc(F)c4c(c3)-n3cncc3CO4)n2)ccc1N1CCNCC1. The number of piperazine rings is 1. The molecule has 0 radical (unpaired) electrons. The van der Waals surface area contributed by atoms with Crippen molar-refractivity contribution in [2.45, 2.75) is 6.61 Å². The summed E-state index contributed by atoms with van der Waals surface area (Å²) in [5, 5.41) is 16.0. The summed E-state index contributed by atoms with van der Waals surface area (Å²) in [5.41, 5.74) is 3.27. The van der Waals surface area contributed by atoms with E-state index in [1.54, 1.807) is 29.2 Å². The molecule has 0 saturated carbocycles. The number of nitriles is 1. The molecule has 4 aromatic rings. The smallest absolute Gasteiger partial charge is 0.227 e. The summed E-state index contributed by atoms with van der Waals surface area (Å²) in [7, 11) is 0. The van der Waals surface area contributed by atoms with Crippen LogP contribution >= 0.6 is 0 Å². The second kappa shape index (κ2) is 8.90. The Morgan fingerprint density at radius 3 is 2.75 bits per heavy atom. The van der Waals surface area contributed by atoms with Crippen molar-refractivity contribution in [3.8, 4) is 28.8 Å². The van der Waals surface area contributed by atoms with Crippen molar-refractivity contribution in [3.05, 3.63) is 71.9 Å². The van der Waals surface area contributed by atoms with E-state index in [4.69, 9.17) is 4.74 Å². The summed E-state index contributed by atoms with van der Waals surface area (Å²) in [5.74, 6) is -1.14. The Labute approximate surface area is 205 Å². The maximum atomic E-state index is 14.9. The van der Waals surface area contributed by atoms with Gasteiger partial charge in [-0.05, 0) is 30.3 Å². The van der Waals surface area contributed by atoms with Gasteiger partial charge in [-0.3, -0.25) is 4.57 Å². The molecule has 2 aliphatic rings. The molecule has 9 nitrogen and oxygen atoms in total. The minimum Gasteiger partial charge on any atom is -0.482 e. The Morgan fingerprint density at radius 2 is 1.92 bits per heavy atom. The molecule has 0 atom stereocenters. The third kappa shape index (κ3) is 3.87. The van der Waals surface area contributed by atoms with Gasteiger partial charge in [0.05, 0.1) is 41.4 Å². The van der Waals surface area contributed by atoms with Gasteiger partial charge in [0.1, 0.15) is 18.4 Å². The molecule has 0 unspecified atom stereocenters. The number of rotatable bonds is 4. The normalized spacial score (nSPS) is 14.4. The van der Waals surface area contributed by atoms with Crippen molar-refractivity contribution in [1.82, 2.24) is 24.8 Å². The Morgan fingerprint density at radius 1 is 1.06 bits per heavy atom. The van der Waals surface area contributed by atoms with Gasteiger partial charge in [0, 0.05) is 37.4 Å². The molecular weight excluding hydrogens is 466 g/mol. The fraction of sp³-hybridized carbons (Fsp3) is 0.200. The molecule has 2 N–H and O–H groups in total.